The number of halogens is 3. The van der Waals surface area contributed by atoms with Crippen LogP contribution in [0, 0.1) is 18.8 Å². The maximum atomic E-state index is 13.1. The largest absolute Gasteiger partial charge is 0.493 e. The molecule has 25 heavy (non-hydrogen) atoms. The van der Waals surface area contributed by atoms with Crippen LogP contribution in [0.2, 0.25) is 0 Å². The van der Waals surface area contributed by atoms with E-state index in [4.69, 9.17) is 14.6 Å². The van der Waals surface area contributed by atoms with E-state index in [1.54, 1.807) is 6.92 Å². The molecule has 138 valence electrons. The summed E-state index contributed by atoms with van der Waals surface area (Å²) in [5.74, 6) is -5.36. The zero-order valence-electron chi connectivity index (χ0n) is 13.9. The molecule has 0 bridgehead atoms. The molecule has 2 rings (SSSR count). The number of aryl methyl sites for hydroxylation is 1. The first-order valence-corrected chi connectivity index (χ1v) is 7.41. The van der Waals surface area contributed by atoms with Crippen molar-refractivity contribution in [3.05, 3.63) is 23.3 Å². The van der Waals surface area contributed by atoms with E-state index >= 15 is 0 Å². The highest BCUT2D eigenvalue weighted by Crippen LogP contribution is 2.39. The van der Waals surface area contributed by atoms with Crippen LogP contribution in [-0.2, 0) is 4.79 Å². The Labute approximate surface area is 142 Å². The number of alkyl halides is 3. The lowest BCUT2D eigenvalue weighted by atomic mass is 9.96. The lowest BCUT2D eigenvalue weighted by Crippen LogP contribution is -2.34. The minimum Gasteiger partial charge on any atom is -0.493 e. The number of carbonyl (C=O) groups excluding carboxylic acids is 1. The molecule has 1 aromatic carbocycles. The number of hydrogen-bond acceptors (Lipinski definition) is 4. The van der Waals surface area contributed by atoms with Crippen LogP contribution in [0.3, 0.4) is 0 Å². The van der Waals surface area contributed by atoms with Crippen molar-refractivity contribution in [2.45, 2.75) is 13.1 Å². The van der Waals surface area contributed by atoms with Gasteiger partial charge in [-0.2, -0.15) is 13.2 Å². The fraction of sp³-hybridized carbons (Fsp3) is 0.500. The molecule has 1 heterocycles. The van der Waals surface area contributed by atoms with Crippen molar-refractivity contribution in [1.82, 2.24) is 4.90 Å². The number of benzene rings is 1. The molecule has 1 fully saturated rings. The van der Waals surface area contributed by atoms with Gasteiger partial charge in [0.1, 0.15) is 0 Å². The number of carboxylic acids is 1. The predicted molar refractivity (Wildman–Crippen MR) is 80.9 cm³/mol. The molecule has 1 N–H and O–H groups in total. The van der Waals surface area contributed by atoms with Gasteiger partial charge in [0.15, 0.2) is 11.5 Å². The number of aliphatic carboxylic acids is 1. The minimum absolute atomic E-state index is 0.143. The molecule has 0 spiro atoms. The van der Waals surface area contributed by atoms with E-state index in [0.29, 0.717) is 11.3 Å². The number of nitrogens with zero attached hydrogens (tertiary/aromatic N) is 1. The third-order valence-corrected chi connectivity index (χ3v) is 4.31. The van der Waals surface area contributed by atoms with Crippen molar-refractivity contribution in [2.75, 3.05) is 27.3 Å². The predicted octanol–water partition coefficient (Wildman–Crippen LogP) is 2.35. The molecule has 0 aliphatic carbocycles. The van der Waals surface area contributed by atoms with Crippen LogP contribution in [0.5, 0.6) is 11.5 Å². The molecule has 1 aromatic rings. The molecule has 9 heteroatoms. The van der Waals surface area contributed by atoms with Crippen LogP contribution in [0.1, 0.15) is 15.9 Å². The number of hydrogen-bond donors (Lipinski definition) is 1. The van der Waals surface area contributed by atoms with E-state index in [1.165, 1.54) is 26.4 Å². The van der Waals surface area contributed by atoms with Crippen molar-refractivity contribution >= 4 is 11.9 Å². The Bertz CT molecular complexity index is 689. The first-order chi connectivity index (χ1) is 11.6. The summed E-state index contributed by atoms with van der Waals surface area (Å²) in [6.45, 7) is 0.431. The Morgan fingerprint density at radius 3 is 2.16 bits per heavy atom. The van der Waals surface area contributed by atoms with Crippen LogP contribution >= 0.6 is 0 Å². The smallest absolute Gasteiger partial charge is 0.394 e. The monoisotopic (exact) mass is 361 g/mol. The Kier molecular flexibility index (Phi) is 5.15. The van der Waals surface area contributed by atoms with E-state index in [2.05, 4.69) is 0 Å². The maximum Gasteiger partial charge on any atom is 0.394 e. The van der Waals surface area contributed by atoms with Crippen molar-refractivity contribution in [1.29, 1.82) is 0 Å². The highest BCUT2D eigenvalue weighted by Gasteiger charge is 2.53. The van der Waals surface area contributed by atoms with Crippen molar-refractivity contribution < 1.29 is 37.3 Å². The number of methoxy groups -OCH3 is 2. The van der Waals surface area contributed by atoms with Gasteiger partial charge in [-0.1, -0.05) is 0 Å². The maximum absolute atomic E-state index is 13.1. The SMILES string of the molecule is COc1cc(C)c(C(=O)N2C[C@@H](C(F)(F)F)[C@H](C(=O)O)C2)cc1OC. The molecular weight excluding hydrogens is 343 g/mol. The van der Waals surface area contributed by atoms with E-state index in [-0.39, 0.29) is 11.3 Å². The molecule has 2 atom stereocenters. The van der Waals surface area contributed by atoms with Crippen molar-refractivity contribution in [3.63, 3.8) is 0 Å². The third-order valence-electron chi connectivity index (χ3n) is 4.31. The van der Waals surface area contributed by atoms with Gasteiger partial charge >= 0.3 is 12.1 Å². The molecule has 6 nitrogen and oxygen atoms in total. The topological polar surface area (TPSA) is 76.1 Å². The van der Waals surface area contributed by atoms with Crippen LogP contribution in [0.15, 0.2) is 12.1 Å². The van der Waals surface area contributed by atoms with Crippen molar-refractivity contribution in [2.24, 2.45) is 11.8 Å². The molecule has 1 aliphatic rings. The summed E-state index contributed by atoms with van der Waals surface area (Å²) in [6, 6.07) is 2.92. The highest BCUT2D eigenvalue weighted by atomic mass is 19.4. The fourth-order valence-electron chi connectivity index (χ4n) is 2.93. The average molecular weight is 361 g/mol. The molecule has 0 unspecified atom stereocenters. The zero-order chi connectivity index (χ0) is 18.9. The second kappa shape index (κ2) is 6.81. The quantitative estimate of drug-likeness (QED) is 0.891. The van der Waals surface area contributed by atoms with Gasteiger partial charge in [0.25, 0.3) is 5.91 Å². The first kappa shape index (κ1) is 18.9. The van der Waals surface area contributed by atoms with E-state index in [9.17, 15) is 22.8 Å². The Hall–Kier alpha value is -2.45. The van der Waals surface area contributed by atoms with Gasteiger partial charge in [-0.25, -0.2) is 0 Å². The average Bonchev–Trinajstić information content (AvgIpc) is 2.99. The number of carboxylic acid groups (broad SMARTS) is 1. The van der Waals surface area contributed by atoms with Crippen LogP contribution < -0.4 is 9.47 Å². The number of amides is 1. The Morgan fingerprint density at radius 2 is 1.72 bits per heavy atom. The van der Waals surface area contributed by atoms with Gasteiger partial charge in [-0.05, 0) is 24.6 Å². The van der Waals surface area contributed by atoms with Crippen LogP contribution in [0.4, 0.5) is 13.2 Å². The first-order valence-electron chi connectivity index (χ1n) is 7.41. The summed E-state index contributed by atoms with van der Waals surface area (Å²) in [7, 11) is 2.79. The summed E-state index contributed by atoms with van der Waals surface area (Å²) in [4.78, 5) is 24.7. The molecule has 1 saturated heterocycles. The summed E-state index contributed by atoms with van der Waals surface area (Å²) < 4.78 is 49.4. The second-order valence-electron chi connectivity index (χ2n) is 5.83. The van der Waals surface area contributed by atoms with Gasteiger partial charge in [0.05, 0.1) is 26.1 Å². The number of carbonyl (C=O) groups is 2. The van der Waals surface area contributed by atoms with E-state index in [0.717, 1.165) is 4.90 Å². The fourth-order valence-corrected chi connectivity index (χ4v) is 2.93. The van der Waals surface area contributed by atoms with Gasteiger partial charge in [0, 0.05) is 18.7 Å². The van der Waals surface area contributed by atoms with E-state index < -0.39 is 43.0 Å². The summed E-state index contributed by atoms with van der Waals surface area (Å²) in [5.41, 5.74) is 0.634. The van der Waals surface area contributed by atoms with E-state index in [1.807, 2.05) is 0 Å². The number of ether oxygens (including phenoxy) is 2. The normalized spacial score (nSPS) is 20.5. The van der Waals surface area contributed by atoms with Gasteiger partial charge in [-0.15, -0.1) is 0 Å². The van der Waals surface area contributed by atoms with Gasteiger partial charge in [0.2, 0.25) is 0 Å². The van der Waals surface area contributed by atoms with Gasteiger partial charge in [-0.3, -0.25) is 9.59 Å². The van der Waals surface area contributed by atoms with Gasteiger partial charge < -0.3 is 19.5 Å². The number of likely N-dealkylation sites (tertiary alicyclic amines) is 1. The second-order valence-corrected chi connectivity index (χ2v) is 5.83. The number of rotatable bonds is 4. The summed E-state index contributed by atoms with van der Waals surface area (Å²) >= 11 is 0. The lowest BCUT2D eigenvalue weighted by molar-refractivity contribution is -0.187. The Morgan fingerprint density at radius 1 is 1.16 bits per heavy atom. The highest BCUT2D eigenvalue weighted by molar-refractivity contribution is 5.97. The Balaban J connectivity index is 2.34. The van der Waals surface area contributed by atoms with Crippen molar-refractivity contribution in [3.8, 4) is 11.5 Å². The standard InChI is InChI=1S/C16H18F3NO5/c1-8-4-12(24-2)13(25-3)5-9(8)14(21)20-6-10(15(22)23)11(7-20)16(17,18)19/h4-5,10-11H,6-7H2,1-3H3,(H,22,23)/t10-,11-/m1/s1. The molecular formula is C16H18F3NO5. The lowest BCUT2D eigenvalue weighted by Gasteiger charge is -2.20. The molecule has 0 radical (unpaired) electrons. The summed E-state index contributed by atoms with van der Waals surface area (Å²) in [5, 5.41) is 9.05. The zero-order valence-corrected chi connectivity index (χ0v) is 13.9. The minimum atomic E-state index is -4.69. The molecule has 1 amide bonds. The third kappa shape index (κ3) is 3.64. The molecule has 0 aromatic heterocycles. The molecule has 1 aliphatic heterocycles. The summed E-state index contributed by atoms with van der Waals surface area (Å²) in [6.07, 6.45) is -4.69. The van der Waals surface area contributed by atoms with Crippen LogP contribution in [-0.4, -0.2) is 55.4 Å². The molecule has 0 saturated carbocycles. The van der Waals surface area contributed by atoms with Crippen LogP contribution in [0.25, 0.3) is 0 Å².